The molecule has 1 amide bonds. The first-order valence-electron chi connectivity index (χ1n) is 8.37. The number of amides is 1. The molecule has 2 rings (SSSR count). The molecule has 2 aromatic carbocycles. The number of carbonyl (C=O) groups is 2. The molecule has 7 nitrogen and oxygen atoms in total. The summed E-state index contributed by atoms with van der Waals surface area (Å²) in [5.41, 5.74) is 1.77. The molecule has 0 saturated heterocycles. The van der Waals surface area contributed by atoms with Gasteiger partial charge in [-0.1, -0.05) is 17.7 Å². The first kappa shape index (κ1) is 20.4. The van der Waals surface area contributed by atoms with Crippen molar-refractivity contribution in [3.8, 4) is 0 Å². The lowest BCUT2D eigenvalue weighted by Crippen LogP contribution is -2.27. The Morgan fingerprint density at radius 2 is 1.63 bits per heavy atom. The summed E-state index contributed by atoms with van der Waals surface area (Å²) in [5.74, 6) is -1.25. The third-order valence-corrected chi connectivity index (χ3v) is 5.83. The van der Waals surface area contributed by atoms with E-state index < -0.39 is 16.0 Å². The highest BCUT2D eigenvalue weighted by atomic mass is 32.2. The molecule has 2 N–H and O–H groups in total. The summed E-state index contributed by atoms with van der Waals surface area (Å²) < 4.78 is 26.5. The van der Waals surface area contributed by atoms with Gasteiger partial charge in [-0.05, 0) is 49.7 Å². The molecule has 2 aromatic rings. The average molecular weight is 390 g/mol. The van der Waals surface area contributed by atoms with E-state index in [-0.39, 0.29) is 23.8 Å². The summed E-state index contributed by atoms with van der Waals surface area (Å²) >= 11 is 0. The smallest absolute Gasteiger partial charge is 0.303 e. The van der Waals surface area contributed by atoms with Crippen LogP contribution in [-0.2, 0) is 14.8 Å². The molecule has 0 aliphatic carbocycles. The van der Waals surface area contributed by atoms with Crippen molar-refractivity contribution >= 4 is 27.6 Å². The zero-order valence-electron chi connectivity index (χ0n) is 15.2. The van der Waals surface area contributed by atoms with E-state index in [9.17, 15) is 18.0 Å². The second-order valence-corrected chi connectivity index (χ2v) is 8.05. The van der Waals surface area contributed by atoms with Gasteiger partial charge in [-0.25, -0.2) is 8.42 Å². The normalized spacial score (nSPS) is 11.0. The molecule has 144 valence electrons. The molecule has 0 aromatic heterocycles. The number of aryl methyl sites for hydroxylation is 1. The Morgan fingerprint density at radius 1 is 1.04 bits per heavy atom. The van der Waals surface area contributed by atoms with Crippen LogP contribution in [-0.4, -0.2) is 39.0 Å². The first-order chi connectivity index (χ1) is 12.7. The molecule has 0 atom stereocenters. The predicted molar refractivity (Wildman–Crippen MR) is 102 cm³/mol. The molecule has 0 aliphatic rings. The summed E-state index contributed by atoms with van der Waals surface area (Å²) in [6.45, 7) is 2.14. The quantitative estimate of drug-likeness (QED) is 0.674. The Hall–Kier alpha value is -2.87. The van der Waals surface area contributed by atoms with Crippen molar-refractivity contribution in [2.75, 3.05) is 17.9 Å². The van der Waals surface area contributed by atoms with Gasteiger partial charge in [-0.2, -0.15) is 0 Å². The van der Waals surface area contributed by atoms with Gasteiger partial charge >= 0.3 is 5.97 Å². The van der Waals surface area contributed by atoms with E-state index in [1.165, 1.54) is 19.2 Å². The van der Waals surface area contributed by atoms with Crippen LogP contribution in [0.2, 0.25) is 0 Å². The number of nitrogens with zero attached hydrogens (tertiary/aromatic N) is 1. The van der Waals surface area contributed by atoms with Crippen molar-refractivity contribution in [2.45, 2.75) is 24.7 Å². The third-order valence-electron chi connectivity index (χ3n) is 4.03. The summed E-state index contributed by atoms with van der Waals surface area (Å²) in [4.78, 5) is 22.7. The third kappa shape index (κ3) is 5.30. The van der Waals surface area contributed by atoms with Gasteiger partial charge in [-0.15, -0.1) is 0 Å². The SMILES string of the molecule is Cc1ccc(S(=O)(=O)N(C)c2ccc(C(=O)NCCCC(=O)O)cc2)cc1. The minimum absolute atomic E-state index is 0.0130. The van der Waals surface area contributed by atoms with E-state index in [0.29, 0.717) is 17.7 Å². The summed E-state index contributed by atoms with van der Waals surface area (Å²) in [5, 5.41) is 11.2. The number of nitrogens with one attached hydrogen (secondary N) is 1. The van der Waals surface area contributed by atoms with Gasteiger partial charge < -0.3 is 10.4 Å². The van der Waals surface area contributed by atoms with E-state index in [1.807, 2.05) is 6.92 Å². The number of hydrogen-bond donors (Lipinski definition) is 2. The number of sulfonamides is 1. The van der Waals surface area contributed by atoms with Crippen LogP contribution in [0.15, 0.2) is 53.4 Å². The first-order valence-corrected chi connectivity index (χ1v) is 9.81. The molecule has 0 fully saturated rings. The van der Waals surface area contributed by atoms with Crippen LogP contribution in [0.1, 0.15) is 28.8 Å². The topological polar surface area (TPSA) is 104 Å². The molecular weight excluding hydrogens is 368 g/mol. The van der Waals surface area contributed by atoms with Crippen LogP contribution in [0.3, 0.4) is 0 Å². The Balaban J connectivity index is 2.06. The predicted octanol–water partition coefficient (Wildman–Crippen LogP) is 2.41. The van der Waals surface area contributed by atoms with E-state index in [4.69, 9.17) is 5.11 Å². The number of anilines is 1. The lowest BCUT2D eigenvalue weighted by molar-refractivity contribution is -0.137. The van der Waals surface area contributed by atoms with Crippen LogP contribution in [0.4, 0.5) is 5.69 Å². The highest BCUT2D eigenvalue weighted by molar-refractivity contribution is 7.92. The number of benzene rings is 2. The van der Waals surface area contributed by atoms with Crippen LogP contribution in [0.5, 0.6) is 0 Å². The Labute approximate surface area is 158 Å². The van der Waals surface area contributed by atoms with Crippen LogP contribution in [0.25, 0.3) is 0 Å². The Bertz CT molecular complexity index is 906. The molecule has 0 heterocycles. The fourth-order valence-corrected chi connectivity index (χ4v) is 3.57. The molecule has 0 saturated carbocycles. The zero-order valence-corrected chi connectivity index (χ0v) is 16.0. The molecule has 0 bridgehead atoms. The molecule has 0 radical (unpaired) electrons. The van der Waals surface area contributed by atoms with Crippen molar-refractivity contribution < 1.29 is 23.1 Å². The van der Waals surface area contributed by atoms with Gasteiger partial charge in [0.1, 0.15) is 0 Å². The lowest BCUT2D eigenvalue weighted by atomic mass is 10.2. The van der Waals surface area contributed by atoms with E-state index >= 15 is 0 Å². The minimum Gasteiger partial charge on any atom is -0.481 e. The molecular formula is C19H22N2O5S. The van der Waals surface area contributed by atoms with Crippen LogP contribution in [0, 0.1) is 6.92 Å². The van der Waals surface area contributed by atoms with Crippen LogP contribution >= 0.6 is 0 Å². The van der Waals surface area contributed by atoms with Gasteiger partial charge in [-0.3, -0.25) is 13.9 Å². The van der Waals surface area contributed by atoms with Crippen molar-refractivity contribution in [1.29, 1.82) is 0 Å². The van der Waals surface area contributed by atoms with Crippen LogP contribution < -0.4 is 9.62 Å². The number of carbonyl (C=O) groups excluding carboxylic acids is 1. The maximum absolute atomic E-state index is 12.7. The minimum atomic E-state index is -3.69. The maximum Gasteiger partial charge on any atom is 0.303 e. The lowest BCUT2D eigenvalue weighted by Gasteiger charge is -2.20. The highest BCUT2D eigenvalue weighted by Crippen LogP contribution is 2.22. The molecule has 0 spiro atoms. The second-order valence-electron chi connectivity index (χ2n) is 6.09. The van der Waals surface area contributed by atoms with Crippen molar-refractivity contribution in [3.05, 3.63) is 59.7 Å². The molecule has 0 aliphatic heterocycles. The van der Waals surface area contributed by atoms with E-state index in [2.05, 4.69) is 5.32 Å². The second kappa shape index (κ2) is 8.68. The largest absolute Gasteiger partial charge is 0.481 e. The van der Waals surface area contributed by atoms with Crippen molar-refractivity contribution in [1.82, 2.24) is 5.32 Å². The fraction of sp³-hybridized carbons (Fsp3) is 0.263. The summed E-state index contributed by atoms with van der Waals surface area (Å²) in [6, 6.07) is 12.7. The number of carboxylic acids is 1. The highest BCUT2D eigenvalue weighted by Gasteiger charge is 2.21. The van der Waals surface area contributed by atoms with E-state index in [0.717, 1.165) is 9.87 Å². The Kier molecular flexibility index (Phi) is 6.57. The molecule has 0 unspecified atom stereocenters. The van der Waals surface area contributed by atoms with Gasteiger partial charge in [0.15, 0.2) is 0 Å². The standard InChI is InChI=1S/C19H22N2O5S/c1-14-5-11-17(12-6-14)27(25,26)21(2)16-9-7-15(8-10-16)19(24)20-13-3-4-18(22)23/h5-12H,3-4,13H2,1-2H3,(H,20,24)(H,22,23). The summed E-state index contributed by atoms with van der Waals surface area (Å²) in [6.07, 6.45) is 0.331. The maximum atomic E-state index is 12.7. The number of rotatable bonds is 8. The van der Waals surface area contributed by atoms with Crippen molar-refractivity contribution in [2.24, 2.45) is 0 Å². The van der Waals surface area contributed by atoms with Crippen molar-refractivity contribution in [3.63, 3.8) is 0 Å². The molecule has 27 heavy (non-hydrogen) atoms. The number of aliphatic carboxylic acids is 1. The average Bonchev–Trinajstić information content (AvgIpc) is 2.64. The number of carboxylic acid groups (broad SMARTS) is 1. The Morgan fingerprint density at radius 3 is 2.19 bits per heavy atom. The monoisotopic (exact) mass is 390 g/mol. The van der Waals surface area contributed by atoms with E-state index in [1.54, 1.807) is 36.4 Å². The van der Waals surface area contributed by atoms with Gasteiger partial charge in [0.2, 0.25) is 0 Å². The zero-order chi connectivity index (χ0) is 20.0. The fourth-order valence-electron chi connectivity index (χ4n) is 2.37. The molecule has 8 heteroatoms. The van der Waals surface area contributed by atoms with Gasteiger partial charge in [0, 0.05) is 25.6 Å². The number of hydrogen-bond acceptors (Lipinski definition) is 4. The summed E-state index contributed by atoms with van der Waals surface area (Å²) in [7, 11) is -2.24. The van der Waals surface area contributed by atoms with Gasteiger partial charge in [0.05, 0.1) is 10.6 Å². The van der Waals surface area contributed by atoms with Gasteiger partial charge in [0.25, 0.3) is 15.9 Å².